The van der Waals surface area contributed by atoms with E-state index in [1.807, 2.05) is 6.92 Å². The molecule has 2 rings (SSSR count). The third-order valence-electron chi connectivity index (χ3n) is 3.02. The Hall–Kier alpha value is -2.71. The minimum Gasteiger partial charge on any atom is -0.486 e. The number of carboxylic acids is 1. The van der Waals surface area contributed by atoms with Crippen molar-refractivity contribution in [3.63, 3.8) is 0 Å². The minimum absolute atomic E-state index is 0.0776. The predicted molar refractivity (Wildman–Crippen MR) is 76.5 cm³/mol. The lowest BCUT2D eigenvalue weighted by molar-refractivity contribution is -0.275. The Morgan fingerprint density at radius 1 is 1.33 bits per heavy atom. The third kappa shape index (κ3) is 3.98. The van der Waals surface area contributed by atoms with Gasteiger partial charge in [0, 0.05) is 5.39 Å². The van der Waals surface area contributed by atoms with E-state index in [0.717, 1.165) is 24.6 Å². The Morgan fingerprint density at radius 2 is 2.04 bits per heavy atom. The maximum atomic E-state index is 12.5. The molecule has 0 bridgehead atoms. The normalized spacial score (nSPS) is 11.5. The fraction of sp³-hybridized carbons (Fsp3) is 0.333. The molecule has 1 heterocycles. The van der Waals surface area contributed by atoms with Gasteiger partial charge in [0.25, 0.3) is 0 Å². The van der Waals surface area contributed by atoms with E-state index in [0.29, 0.717) is 6.42 Å². The van der Waals surface area contributed by atoms with Crippen molar-refractivity contribution >= 4 is 16.9 Å². The molecule has 0 saturated heterocycles. The molecule has 6 nitrogen and oxygen atoms in total. The molecule has 0 unspecified atom stereocenters. The Bertz CT molecular complexity index is 809. The molecule has 1 N–H and O–H groups in total. The average Bonchev–Trinajstić information content (AvgIpc) is 2.47. The maximum absolute atomic E-state index is 12.5. The molecule has 0 atom stereocenters. The minimum atomic E-state index is -4.96. The smallest absolute Gasteiger partial charge is 0.486 e. The summed E-state index contributed by atoms with van der Waals surface area (Å²) in [6, 6.07) is 3.13. The number of aromatic carboxylic acids is 1. The molecule has 1 aromatic heterocycles. The Balaban J connectivity index is 2.61. The topological polar surface area (TPSA) is 86.0 Å². The van der Waals surface area contributed by atoms with Crippen LogP contribution >= 0.6 is 0 Å². The lowest BCUT2D eigenvalue weighted by Gasteiger charge is -2.15. The van der Waals surface area contributed by atoms with Crippen LogP contribution in [0.1, 0.15) is 30.1 Å². The average molecular weight is 346 g/mol. The number of carbonyl (C=O) groups is 1. The first-order valence-electron chi connectivity index (χ1n) is 6.95. The predicted octanol–water partition coefficient (Wildman–Crippen LogP) is 3.57. The Kier molecular flexibility index (Phi) is 5.01. The van der Waals surface area contributed by atoms with Crippen molar-refractivity contribution in [1.82, 2.24) is 0 Å². The van der Waals surface area contributed by atoms with Crippen LogP contribution in [-0.4, -0.2) is 24.0 Å². The van der Waals surface area contributed by atoms with Gasteiger partial charge in [-0.1, -0.05) is 13.3 Å². The molecule has 1 aromatic carbocycles. The van der Waals surface area contributed by atoms with Gasteiger partial charge in [-0.25, -0.2) is 9.59 Å². The van der Waals surface area contributed by atoms with Gasteiger partial charge in [-0.2, -0.15) is 0 Å². The standard InChI is InChI=1S/C15H13F3O6/c1-2-3-6-22-12-10(24-15(16,17)18)5-4-8-7-9(13(19)20)14(21)23-11(8)12/h4-5,7H,2-3,6H2,1H3,(H,19,20). The number of hydrogen-bond donors (Lipinski definition) is 1. The highest BCUT2D eigenvalue weighted by atomic mass is 19.4. The van der Waals surface area contributed by atoms with Gasteiger partial charge in [-0.3, -0.25) is 0 Å². The second-order valence-corrected chi connectivity index (χ2v) is 4.81. The summed E-state index contributed by atoms with van der Waals surface area (Å²) in [5.41, 5.74) is -2.13. The van der Waals surface area contributed by atoms with Gasteiger partial charge in [-0.15, -0.1) is 13.2 Å². The van der Waals surface area contributed by atoms with Crippen LogP contribution < -0.4 is 15.1 Å². The first-order chi connectivity index (χ1) is 11.2. The van der Waals surface area contributed by atoms with Crippen LogP contribution in [0.25, 0.3) is 11.0 Å². The summed E-state index contributed by atoms with van der Waals surface area (Å²) in [5.74, 6) is -2.57. The van der Waals surface area contributed by atoms with Gasteiger partial charge < -0.3 is 19.0 Å². The molecule has 130 valence electrons. The number of rotatable bonds is 6. The number of hydrogen-bond acceptors (Lipinski definition) is 5. The second kappa shape index (κ2) is 6.81. The number of carboxylic acid groups (broad SMARTS) is 1. The van der Waals surface area contributed by atoms with Gasteiger partial charge in [0.05, 0.1) is 6.61 Å². The summed E-state index contributed by atoms with van der Waals surface area (Å²) in [6.07, 6.45) is -3.68. The van der Waals surface area contributed by atoms with Crippen LogP contribution in [0.5, 0.6) is 11.5 Å². The molecule has 0 saturated carbocycles. The van der Waals surface area contributed by atoms with Crippen molar-refractivity contribution in [3.8, 4) is 11.5 Å². The molecule has 0 amide bonds. The fourth-order valence-electron chi connectivity index (χ4n) is 1.95. The van der Waals surface area contributed by atoms with E-state index in [2.05, 4.69) is 4.74 Å². The van der Waals surface area contributed by atoms with Gasteiger partial charge in [0.2, 0.25) is 5.75 Å². The first kappa shape index (κ1) is 17.6. The second-order valence-electron chi connectivity index (χ2n) is 4.81. The van der Waals surface area contributed by atoms with Crippen molar-refractivity contribution in [2.75, 3.05) is 6.61 Å². The summed E-state index contributed by atoms with van der Waals surface area (Å²) in [4.78, 5) is 22.6. The van der Waals surface area contributed by atoms with Crippen molar-refractivity contribution in [2.24, 2.45) is 0 Å². The molecule has 0 aliphatic carbocycles. The number of fused-ring (bicyclic) bond motifs is 1. The number of benzene rings is 1. The van der Waals surface area contributed by atoms with Crippen molar-refractivity contribution in [2.45, 2.75) is 26.1 Å². The summed E-state index contributed by atoms with van der Waals surface area (Å²) in [5, 5.41) is 9.02. The van der Waals surface area contributed by atoms with Crippen LogP contribution in [0.2, 0.25) is 0 Å². The number of alkyl halides is 3. The van der Waals surface area contributed by atoms with Crippen molar-refractivity contribution < 1.29 is 37.0 Å². The maximum Gasteiger partial charge on any atom is 0.573 e. The molecule has 9 heteroatoms. The van der Waals surface area contributed by atoms with Gasteiger partial charge in [-0.05, 0) is 24.6 Å². The Morgan fingerprint density at radius 3 is 2.62 bits per heavy atom. The lowest BCUT2D eigenvalue weighted by atomic mass is 10.1. The summed E-state index contributed by atoms with van der Waals surface area (Å²) >= 11 is 0. The van der Waals surface area contributed by atoms with Crippen LogP contribution in [0.4, 0.5) is 13.2 Å². The number of halogens is 3. The van der Waals surface area contributed by atoms with Crippen LogP contribution in [0, 0.1) is 0 Å². The largest absolute Gasteiger partial charge is 0.573 e. The van der Waals surface area contributed by atoms with E-state index in [-0.39, 0.29) is 17.6 Å². The van der Waals surface area contributed by atoms with Gasteiger partial charge in [0.1, 0.15) is 5.56 Å². The zero-order valence-electron chi connectivity index (χ0n) is 12.5. The van der Waals surface area contributed by atoms with Crippen LogP contribution in [-0.2, 0) is 0 Å². The monoisotopic (exact) mass is 346 g/mol. The highest BCUT2D eigenvalue weighted by Crippen LogP contribution is 2.38. The van der Waals surface area contributed by atoms with Crippen molar-refractivity contribution in [3.05, 3.63) is 34.2 Å². The Labute approximate surface area is 133 Å². The van der Waals surface area contributed by atoms with E-state index in [1.54, 1.807) is 0 Å². The summed E-state index contributed by atoms with van der Waals surface area (Å²) in [6.45, 7) is 1.94. The zero-order chi connectivity index (χ0) is 17.9. The van der Waals surface area contributed by atoms with E-state index in [1.165, 1.54) is 0 Å². The molecule has 0 radical (unpaired) electrons. The fourth-order valence-corrected chi connectivity index (χ4v) is 1.95. The molecular weight excluding hydrogens is 333 g/mol. The molecule has 0 aliphatic heterocycles. The highest BCUT2D eigenvalue weighted by molar-refractivity contribution is 5.93. The molecule has 0 fully saturated rings. The molecule has 0 spiro atoms. The van der Waals surface area contributed by atoms with Gasteiger partial charge >= 0.3 is 18.0 Å². The van der Waals surface area contributed by atoms with Crippen LogP contribution in [0.15, 0.2) is 27.4 Å². The van der Waals surface area contributed by atoms with Crippen molar-refractivity contribution in [1.29, 1.82) is 0 Å². The van der Waals surface area contributed by atoms with Crippen LogP contribution in [0.3, 0.4) is 0 Å². The van der Waals surface area contributed by atoms with E-state index in [4.69, 9.17) is 14.3 Å². The highest BCUT2D eigenvalue weighted by Gasteiger charge is 2.33. The molecule has 2 aromatic rings. The molecule has 24 heavy (non-hydrogen) atoms. The number of unbranched alkanes of at least 4 members (excludes halogenated alkanes) is 1. The summed E-state index contributed by atoms with van der Waals surface area (Å²) in [7, 11) is 0. The molecular formula is C15H13F3O6. The quantitative estimate of drug-likeness (QED) is 0.636. The van der Waals surface area contributed by atoms with E-state index >= 15 is 0 Å². The lowest BCUT2D eigenvalue weighted by Crippen LogP contribution is -2.18. The SMILES string of the molecule is CCCCOc1c(OC(F)(F)F)ccc2cc(C(=O)O)c(=O)oc12. The van der Waals surface area contributed by atoms with E-state index < -0.39 is 35.0 Å². The van der Waals surface area contributed by atoms with E-state index in [9.17, 15) is 22.8 Å². The number of ether oxygens (including phenoxy) is 2. The zero-order valence-corrected chi connectivity index (χ0v) is 12.5. The molecule has 0 aliphatic rings. The third-order valence-corrected chi connectivity index (χ3v) is 3.02. The summed E-state index contributed by atoms with van der Waals surface area (Å²) < 4.78 is 51.6. The van der Waals surface area contributed by atoms with Gasteiger partial charge in [0.15, 0.2) is 11.3 Å². The first-order valence-corrected chi connectivity index (χ1v) is 6.95.